The lowest BCUT2D eigenvalue weighted by Crippen LogP contribution is -2.15. The Morgan fingerprint density at radius 1 is 1.18 bits per heavy atom. The van der Waals surface area contributed by atoms with E-state index in [1.165, 1.54) is 18.2 Å². The highest BCUT2D eigenvalue weighted by atomic mass is 35.5. The summed E-state index contributed by atoms with van der Waals surface area (Å²) in [5.74, 6) is -0.184. The molecule has 2 rings (SSSR count). The number of hydrogen-bond donors (Lipinski definition) is 1. The lowest BCUT2D eigenvalue weighted by atomic mass is 10.2. The highest BCUT2D eigenvalue weighted by Gasteiger charge is 2.09. The first-order valence-corrected chi connectivity index (χ1v) is 8.55. The van der Waals surface area contributed by atoms with Crippen molar-refractivity contribution >= 4 is 34.0 Å². The molecule has 1 N–H and O–H groups in total. The van der Waals surface area contributed by atoms with Crippen molar-refractivity contribution < 1.29 is 13.4 Å². The summed E-state index contributed by atoms with van der Waals surface area (Å²) in [5, 5.41) is 2.98. The summed E-state index contributed by atoms with van der Waals surface area (Å²) in [7, 11) is -1.23. The Kier molecular flexibility index (Phi) is 6.10. The Labute approximate surface area is 136 Å². The fourth-order valence-corrected chi connectivity index (χ4v) is 3.31. The first-order chi connectivity index (χ1) is 10.5. The van der Waals surface area contributed by atoms with E-state index in [2.05, 4.69) is 5.32 Å². The molecule has 2 aromatic carbocycles. The van der Waals surface area contributed by atoms with Crippen LogP contribution < -0.4 is 5.32 Å². The lowest BCUT2D eigenvalue weighted by Gasteiger charge is -2.06. The van der Waals surface area contributed by atoms with Crippen molar-refractivity contribution in [3.05, 3.63) is 64.9 Å². The second kappa shape index (κ2) is 8.06. The van der Waals surface area contributed by atoms with Gasteiger partial charge in [-0.25, -0.2) is 4.39 Å². The zero-order chi connectivity index (χ0) is 15.9. The summed E-state index contributed by atoms with van der Waals surface area (Å²) in [5.41, 5.74) is 1.32. The highest BCUT2D eigenvalue weighted by Crippen LogP contribution is 2.19. The van der Waals surface area contributed by atoms with Gasteiger partial charge in [0.2, 0.25) is 5.91 Å². The molecule has 0 saturated carbocycles. The number of anilines is 1. The molecule has 3 nitrogen and oxygen atoms in total. The number of carbonyl (C=O) groups excluding carboxylic acids is 1. The average Bonchev–Trinajstić information content (AvgIpc) is 2.49. The summed E-state index contributed by atoms with van der Waals surface area (Å²) in [4.78, 5) is 11.8. The Hall–Kier alpha value is -1.72. The quantitative estimate of drug-likeness (QED) is 0.871. The number of halogens is 2. The van der Waals surface area contributed by atoms with Crippen molar-refractivity contribution in [1.82, 2.24) is 0 Å². The number of amides is 1. The van der Waals surface area contributed by atoms with Crippen LogP contribution in [0.5, 0.6) is 0 Å². The third-order valence-electron chi connectivity index (χ3n) is 2.95. The Bertz CT molecular complexity index is 679. The van der Waals surface area contributed by atoms with Crippen molar-refractivity contribution in [3.63, 3.8) is 0 Å². The topological polar surface area (TPSA) is 46.2 Å². The minimum atomic E-state index is -1.23. The van der Waals surface area contributed by atoms with E-state index in [1.807, 2.05) is 18.2 Å². The molecule has 0 aliphatic carbocycles. The SMILES string of the molecule is O=C(CC[S@@](=O)Cc1ccc(F)cc1Cl)Nc1ccccc1. The van der Waals surface area contributed by atoms with Crippen LogP contribution in [0.25, 0.3) is 0 Å². The van der Waals surface area contributed by atoms with Crippen LogP contribution in [0.3, 0.4) is 0 Å². The first-order valence-electron chi connectivity index (χ1n) is 6.68. The minimum Gasteiger partial charge on any atom is -0.326 e. The smallest absolute Gasteiger partial charge is 0.225 e. The zero-order valence-corrected chi connectivity index (χ0v) is 13.3. The summed E-state index contributed by atoms with van der Waals surface area (Å²) in [6, 6.07) is 13.1. The average molecular weight is 340 g/mol. The van der Waals surface area contributed by atoms with Crippen LogP contribution in [0.2, 0.25) is 5.02 Å². The fourth-order valence-electron chi connectivity index (χ4n) is 1.84. The van der Waals surface area contributed by atoms with Gasteiger partial charge < -0.3 is 5.32 Å². The van der Waals surface area contributed by atoms with Crippen molar-refractivity contribution in [2.24, 2.45) is 0 Å². The number of rotatable bonds is 6. The molecule has 0 radical (unpaired) electrons. The van der Waals surface area contributed by atoms with Gasteiger partial charge in [0.1, 0.15) is 5.82 Å². The van der Waals surface area contributed by atoms with Gasteiger partial charge in [0.25, 0.3) is 0 Å². The van der Waals surface area contributed by atoms with Crippen LogP contribution >= 0.6 is 11.6 Å². The number of nitrogens with one attached hydrogen (secondary N) is 1. The summed E-state index contributed by atoms with van der Waals surface area (Å²) < 4.78 is 24.9. The highest BCUT2D eigenvalue weighted by molar-refractivity contribution is 7.84. The molecule has 0 heterocycles. The maximum atomic E-state index is 12.9. The number of hydrogen-bond acceptors (Lipinski definition) is 2. The van der Waals surface area contributed by atoms with Crippen molar-refractivity contribution in [2.75, 3.05) is 11.1 Å². The first kappa shape index (κ1) is 16.6. The van der Waals surface area contributed by atoms with Gasteiger partial charge in [-0.15, -0.1) is 0 Å². The molecule has 0 bridgehead atoms. The molecule has 1 atom stereocenters. The third-order valence-corrected chi connectivity index (χ3v) is 4.59. The van der Waals surface area contributed by atoms with Crippen LogP contribution in [0, 0.1) is 5.82 Å². The molecule has 0 aliphatic rings. The van der Waals surface area contributed by atoms with Gasteiger partial charge in [-0.1, -0.05) is 35.9 Å². The largest absolute Gasteiger partial charge is 0.326 e. The van der Waals surface area contributed by atoms with Gasteiger partial charge >= 0.3 is 0 Å². The van der Waals surface area contributed by atoms with Gasteiger partial charge in [-0.2, -0.15) is 0 Å². The molecule has 0 fully saturated rings. The monoisotopic (exact) mass is 339 g/mol. The number of benzene rings is 2. The Balaban J connectivity index is 1.81. The van der Waals surface area contributed by atoms with E-state index in [-0.39, 0.29) is 28.9 Å². The molecular weight excluding hydrogens is 325 g/mol. The van der Waals surface area contributed by atoms with Crippen molar-refractivity contribution in [2.45, 2.75) is 12.2 Å². The third kappa shape index (κ3) is 5.24. The van der Waals surface area contributed by atoms with Crippen LogP contribution in [0.15, 0.2) is 48.5 Å². The van der Waals surface area contributed by atoms with E-state index in [1.54, 1.807) is 12.1 Å². The van der Waals surface area contributed by atoms with E-state index in [4.69, 9.17) is 11.6 Å². The Morgan fingerprint density at radius 3 is 2.59 bits per heavy atom. The predicted molar refractivity (Wildman–Crippen MR) is 87.8 cm³/mol. The second-order valence-electron chi connectivity index (χ2n) is 4.69. The summed E-state index contributed by atoms with van der Waals surface area (Å²) in [6.45, 7) is 0. The maximum Gasteiger partial charge on any atom is 0.225 e. The predicted octanol–water partition coefficient (Wildman–Crippen LogP) is 3.76. The molecule has 6 heteroatoms. The molecule has 0 unspecified atom stereocenters. The molecule has 1 amide bonds. The fraction of sp³-hybridized carbons (Fsp3) is 0.188. The number of carbonyl (C=O) groups is 1. The van der Waals surface area contributed by atoms with Gasteiger partial charge in [0.15, 0.2) is 0 Å². The zero-order valence-electron chi connectivity index (χ0n) is 11.7. The molecule has 116 valence electrons. The molecule has 0 spiro atoms. The van der Waals surface area contributed by atoms with Gasteiger partial charge in [0.05, 0.1) is 5.75 Å². The molecule has 0 saturated heterocycles. The normalized spacial score (nSPS) is 11.9. The molecule has 2 aromatic rings. The van der Waals surface area contributed by atoms with Gasteiger partial charge in [0, 0.05) is 33.7 Å². The van der Waals surface area contributed by atoms with Crippen LogP contribution in [0.4, 0.5) is 10.1 Å². The van der Waals surface area contributed by atoms with Crippen molar-refractivity contribution in [1.29, 1.82) is 0 Å². The second-order valence-corrected chi connectivity index (χ2v) is 6.67. The van der Waals surface area contributed by atoms with Crippen LogP contribution in [-0.4, -0.2) is 15.9 Å². The van der Waals surface area contributed by atoms with Gasteiger partial charge in [-0.3, -0.25) is 9.00 Å². The molecule has 0 aliphatic heterocycles. The Morgan fingerprint density at radius 2 is 1.91 bits per heavy atom. The maximum absolute atomic E-state index is 12.9. The van der Waals surface area contributed by atoms with Crippen molar-refractivity contribution in [3.8, 4) is 0 Å². The lowest BCUT2D eigenvalue weighted by molar-refractivity contribution is -0.115. The minimum absolute atomic E-state index is 0.153. The van der Waals surface area contributed by atoms with Gasteiger partial charge in [-0.05, 0) is 29.8 Å². The van der Waals surface area contributed by atoms with E-state index >= 15 is 0 Å². The molecule has 22 heavy (non-hydrogen) atoms. The van der Waals surface area contributed by atoms with E-state index in [0.717, 1.165) is 0 Å². The molecular formula is C16H15ClFNO2S. The number of para-hydroxylation sites is 1. The summed E-state index contributed by atoms with van der Waals surface area (Å²) in [6.07, 6.45) is 0.153. The van der Waals surface area contributed by atoms with E-state index in [0.29, 0.717) is 11.3 Å². The van der Waals surface area contributed by atoms with E-state index < -0.39 is 16.6 Å². The standard InChI is InChI=1S/C16H15ClFNO2S/c17-15-10-13(18)7-6-12(15)11-22(21)9-8-16(20)19-14-4-2-1-3-5-14/h1-7,10H,8-9,11H2,(H,19,20)/t22-/m1/s1. The van der Waals surface area contributed by atoms with Crippen LogP contribution in [-0.2, 0) is 21.3 Å². The molecule has 0 aromatic heterocycles. The van der Waals surface area contributed by atoms with E-state index in [9.17, 15) is 13.4 Å². The summed E-state index contributed by atoms with van der Waals surface area (Å²) >= 11 is 5.89. The van der Waals surface area contributed by atoms with Crippen LogP contribution in [0.1, 0.15) is 12.0 Å².